The van der Waals surface area contributed by atoms with Gasteiger partial charge in [0.05, 0.1) is 12.1 Å². The zero-order chi connectivity index (χ0) is 16.6. The molecule has 0 aromatic heterocycles. The van der Waals surface area contributed by atoms with Gasteiger partial charge < -0.3 is 21.1 Å². The summed E-state index contributed by atoms with van der Waals surface area (Å²) in [5.41, 5.74) is 4.93. The molecule has 0 aliphatic carbocycles. The lowest BCUT2D eigenvalue weighted by Gasteiger charge is -2.28. The van der Waals surface area contributed by atoms with Gasteiger partial charge in [0.15, 0.2) is 5.78 Å². The Kier molecular flexibility index (Phi) is 8.20. The molecule has 7 heteroatoms. The summed E-state index contributed by atoms with van der Waals surface area (Å²) in [6.07, 6.45) is 1.70. The minimum atomic E-state index is -0.576. The summed E-state index contributed by atoms with van der Waals surface area (Å²) in [4.78, 5) is 24.6. The second kappa shape index (κ2) is 9.37. The average Bonchev–Trinajstić information content (AvgIpc) is 2.44. The molecule has 1 saturated heterocycles. The smallest absolute Gasteiger partial charge is 0.408 e. The zero-order valence-corrected chi connectivity index (χ0v) is 14.6. The fraction of sp³-hybridized carbons (Fsp3) is 0.867. The molecule has 1 aliphatic heterocycles. The highest BCUT2D eigenvalue weighted by Gasteiger charge is 2.30. The third kappa shape index (κ3) is 7.47. The van der Waals surface area contributed by atoms with E-state index in [1.54, 1.807) is 32.5 Å². The Morgan fingerprint density at radius 2 is 2.14 bits per heavy atom. The number of rotatable bonds is 7. The van der Waals surface area contributed by atoms with Crippen LogP contribution < -0.4 is 16.4 Å². The van der Waals surface area contributed by atoms with Crippen LogP contribution in [-0.2, 0) is 9.53 Å². The molecule has 1 rings (SSSR count). The van der Waals surface area contributed by atoms with Crippen LogP contribution in [0.25, 0.3) is 0 Å². The number of carbonyl (C=O) groups excluding carboxylic acids is 2. The SMILES string of the molecule is CC(C)(C)OC(=O)N[C@@H](CCCCN)C(=O)C1CSCCN1. The highest BCUT2D eigenvalue weighted by Crippen LogP contribution is 2.13. The van der Waals surface area contributed by atoms with Crippen molar-refractivity contribution in [2.45, 2.75) is 57.7 Å². The van der Waals surface area contributed by atoms with E-state index in [0.717, 1.165) is 30.9 Å². The number of hydrogen-bond acceptors (Lipinski definition) is 6. The van der Waals surface area contributed by atoms with Gasteiger partial charge in [-0.1, -0.05) is 0 Å². The number of thioether (sulfide) groups is 1. The van der Waals surface area contributed by atoms with Gasteiger partial charge in [0, 0.05) is 18.1 Å². The Labute approximate surface area is 137 Å². The van der Waals surface area contributed by atoms with E-state index >= 15 is 0 Å². The van der Waals surface area contributed by atoms with Crippen molar-refractivity contribution < 1.29 is 14.3 Å². The van der Waals surface area contributed by atoms with Crippen molar-refractivity contribution in [3.63, 3.8) is 0 Å². The number of unbranched alkanes of at least 4 members (excludes halogenated alkanes) is 1. The number of nitrogens with one attached hydrogen (secondary N) is 2. The number of alkyl carbamates (subject to hydrolysis) is 1. The number of carbonyl (C=O) groups is 2. The molecule has 1 amide bonds. The average molecular weight is 331 g/mol. The summed E-state index contributed by atoms with van der Waals surface area (Å²) in [5.74, 6) is 1.80. The van der Waals surface area contributed by atoms with Crippen LogP contribution in [0.1, 0.15) is 40.0 Å². The van der Waals surface area contributed by atoms with Crippen molar-refractivity contribution in [1.82, 2.24) is 10.6 Å². The maximum Gasteiger partial charge on any atom is 0.408 e. The van der Waals surface area contributed by atoms with Crippen LogP contribution in [0, 0.1) is 0 Å². The van der Waals surface area contributed by atoms with Gasteiger partial charge in [0.1, 0.15) is 5.60 Å². The summed E-state index contributed by atoms with van der Waals surface area (Å²) < 4.78 is 5.26. The molecule has 0 aromatic carbocycles. The quantitative estimate of drug-likeness (QED) is 0.609. The molecular weight excluding hydrogens is 302 g/mol. The first kappa shape index (κ1) is 19.3. The Morgan fingerprint density at radius 3 is 2.68 bits per heavy atom. The van der Waals surface area contributed by atoms with Crippen molar-refractivity contribution in [1.29, 1.82) is 0 Å². The highest BCUT2D eigenvalue weighted by molar-refractivity contribution is 7.99. The van der Waals surface area contributed by atoms with Gasteiger partial charge in [0.25, 0.3) is 0 Å². The van der Waals surface area contributed by atoms with E-state index < -0.39 is 17.7 Å². The Morgan fingerprint density at radius 1 is 1.41 bits per heavy atom. The summed E-state index contributed by atoms with van der Waals surface area (Å²) >= 11 is 1.76. The second-order valence-electron chi connectivity index (χ2n) is 6.47. The van der Waals surface area contributed by atoms with Crippen molar-refractivity contribution >= 4 is 23.6 Å². The first-order valence-electron chi connectivity index (χ1n) is 7.88. The lowest BCUT2D eigenvalue weighted by molar-refractivity contribution is -0.122. The molecule has 128 valence electrons. The Balaban J connectivity index is 2.61. The number of hydrogen-bond donors (Lipinski definition) is 3. The van der Waals surface area contributed by atoms with E-state index in [1.165, 1.54) is 0 Å². The van der Waals surface area contributed by atoms with Gasteiger partial charge in [-0.05, 0) is 46.6 Å². The molecule has 0 spiro atoms. The maximum absolute atomic E-state index is 12.6. The largest absolute Gasteiger partial charge is 0.444 e. The molecule has 1 aliphatic rings. The van der Waals surface area contributed by atoms with Crippen LogP contribution in [-0.4, -0.2) is 54.2 Å². The van der Waals surface area contributed by atoms with Crippen LogP contribution in [0.5, 0.6) is 0 Å². The van der Waals surface area contributed by atoms with Gasteiger partial charge in [0.2, 0.25) is 0 Å². The summed E-state index contributed by atoms with van der Waals surface area (Å²) in [6, 6.07) is -0.714. The Hall–Kier alpha value is -0.790. The van der Waals surface area contributed by atoms with Crippen molar-refractivity contribution in [3.8, 4) is 0 Å². The topological polar surface area (TPSA) is 93.4 Å². The molecule has 2 atom stereocenters. The molecule has 1 fully saturated rings. The Bertz CT molecular complexity index is 366. The zero-order valence-electron chi connectivity index (χ0n) is 13.8. The molecule has 4 N–H and O–H groups in total. The van der Waals surface area contributed by atoms with Crippen molar-refractivity contribution in [2.75, 3.05) is 24.6 Å². The maximum atomic E-state index is 12.6. The fourth-order valence-corrected chi connectivity index (χ4v) is 3.17. The van der Waals surface area contributed by atoms with Crippen LogP contribution in [0.2, 0.25) is 0 Å². The van der Waals surface area contributed by atoms with E-state index in [0.29, 0.717) is 13.0 Å². The summed E-state index contributed by atoms with van der Waals surface area (Å²) in [6.45, 7) is 6.82. The normalized spacial score (nSPS) is 20.3. The van der Waals surface area contributed by atoms with Crippen molar-refractivity contribution in [2.24, 2.45) is 5.73 Å². The lowest BCUT2D eigenvalue weighted by Crippen LogP contribution is -2.53. The van der Waals surface area contributed by atoms with Crippen LogP contribution in [0.4, 0.5) is 4.79 Å². The molecular formula is C15H29N3O3S. The number of ketones is 1. The lowest BCUT2D eigenvalue weighted by atomic mass is 10.0. The molecule has 6 nitrogen and oxygen atoms in total. The number of Topliss-reactive ketones (excluding diaryl/α,β-unsaturated/α-hetero) is 1. The fourth-order valence-electron chi connectivity index (χ4n) is 2.22. The van der Waals surface area contributed by atoms with Gasteiger partial charge >= 0.3 is 6.09 Å². The second-order valence-corrected chi connectivity index (χ2v) is 7.62. The summed E-state index contributed by atoms with van der Waals surface area (Å²) in [5, 5.41) is 5.95. The number of ether oxygens (including phenoxy) is 1. The van der Waals surface area contributed by atoms with E-state index in [9.17, 15) is 9.59 Å². The molecule has 0 aromatic rings. The van der Waals surface area contributed by atoms with Gasteiger partial charge in [-0.15, -0.1) is 0 Å². The third-order valence-electron chi connectivity index (χ3n) is 3.25. The minimum absolute atomic E-state index is 0.0371. The van der Waals surface area contributed by atoms with E-state index in [-0.39, 0.29) is 11.8 Å². The molecule has 0 bridgehead atoms. The highest BCUT2D eigenvalue weighted by atomic mass is 32.2. The molecule has 1 heterocycles. The van der Waals surface area contributed by atoms with E-state index in [4.69, 9.17) is 10.5 Å². The monoisotopic (exact) mass is 331 g/mol. The van der Waals surface area contributed by atoms with Gasteiger partial charge in [-0.25, -0.2) is 4.79 Å². The number of amides is 1. The van der Waals surface area contributed by atoms with Crippen molar-refractivity contribution in [3.05, 3.63) is 0 Å². The first-order valence-corrected chi connectivity index (χ1v) is 9.03. The van der Waals surface area contributed by atoms with Crippen LogP contribution >= 0.6 is 11.8 Å². The molecule has 0 radical (unpaired) electrons. The van der Waals surface area contributed by atoms with Crippen LogP contribution in [0.15, 0.2) is 0 Å². The predicted octanol–water partition coefficient (Wildman–Crippen LogP) is 1.28. The standard InChI is InChI=1S/C15H29N3O3S/c1-15(2,3)21-14(20)18-11(6-4-5-7-16)13(19)12-10-22-9-8-17-12/h11-12,17H,4-10,16H2,1-3H3,(H,18,20)/t11-,12?/m0/s1. The van der Waals surface area contributed by atoms with E-state index in [1.807, 2.05) is 0 Å². The van der Waals surface area contributed by atoms with Crippen LogP contribution in [0.3, 0.4) is 0 Å². The summed E-state index contributed by atoms with van der Waals surface area (Å²) in [7, 11) is 0. The van der Waals surface area contributed by atoms with Gasteiger partial charge in [-0.3, -0.25) is 4.79 Å². The first-order chi connectivity index (χ1) is 10.3. The minimum Gasteiger partial charge on any atom is -0.444 e. The molecule has 22 heavy (non-hydrogen) atoms. The van der Waals surface area contributed by atoms with Gasteiger partial charge in [-0.2, -0.15) is 11.8 Å². The molecule has 1 unspecified atom stereocenters. The number of nitrogens with two attached hydrogens (primary N) is 1. The van der Waals surface area contributed by atoms with E-state index in [2.05, 4.69) is 10.6 Å². The third-order valence-corrected chi connectivity index (χ3v) is 4.31. The predicted molar refractivity (Wildman–Crippen MR) is 90.2 cm³/mol. The molecule has 0 saturated carbocycles.